The van der Waals surface area contributed by atoms with Gasteiger partial charge in [-0.25, -0.2) is 0 Å². The number of rotatable bonds is 3. The number of carbonyl (C=O) groups is 2. The summed E-state index contributed by atoms with van der Waals surface area (Å²) in [6.45, 7) is 1.94. The molecule has 2 amide bonds. The fraction of sp³-hybridized carbons (Fsp3) is 0.143. The first-order valence-electron chi connectivity index (χ1n) is 5.80. The molecule has 0 bridgehead atoms. The van der Waals surface area contributed by atoms with Crippen LogP contribution in [0.15, 0.2) is 36.4 Å². The Hall–Kier alpha value is -2.14. The molecule has 1 aromatic carbocycles. The minimum atomic E-state index is -0.224. The van der Waals surface area contributed by atoms with E-state index in [1.807, 2.05) is 13.0 Å². The quantitative estimate of drug-likeness (QED) is 0.904. The molecule has 19 heavy (non-hydrogen) atoms. The molecule has 2 N–H and O–H groups in total. The van der Waals surface area contributed by atoms with E-state index >= 15 is 0 Å². The molecule has 0 aliphatic heterocycles. The molecule has 0 unspecified atom stereocenters. The van der Waals surface area contributed by atoms with Gasteiger partial charge in [-0.3, -0.25) is 9.59 Å². The summed E-state index contributed by atoms with van der Waals surface area (Å²) >= 11 is 1.42. The smallest absolute Gasteiger partial charge is 0.265 e. The van der Waals surface area contributed by atoms with Gasteiger partial charge >= 0.3 is 0 Å². The largest absolute Gasteiger partial charge is 0.355 e. The highest BCUT2D eigenvalue weighted by atomic mass is 32.1. The second kappa shape index (κ2) is 5.67. The van der Waals surface area contributed by atoms with Crippen LogP contribution in [0.25, 0.3) is 0 Å². The minimum Gasteiger partial charge on any atom is -0.355 e. The molecule has 2 rings (SSSR count). The van der Waals surface area contributed by atoms with Gasteiger partial charge in [0.2, 0.25) is 0 Å². The third kappa shape index (κ3) is 3.00. The number of carbonyl (C=O) groups excluding carboxylic acids is 2. The van der Waals surface area contributed by atoms with Crippen LogP contribution in [-0.4, -0.2) is 18.9 Å². The van der Waals surface area contributed by atoms with Crippen LogP contribution in [0, 0.1) is 6.92 Å². The monoisotopic (exact) mass is 274 g/mol. The van der Waals surface area contributed by atoms with Crippen LogP contribution in [0.2, 0.25) is 0 Å². The Morgan fingerprint density at radius 2 is 1.79 bits per heavy atom. The molecule has 1 aromatic heterocycles. The maximum Gasteiger partial charge on any atom is 0.265 e. The first-order chi connectivity index (χ1) is 9.11. The summed E-state index contributed by atoms with van der Waals surface area (Å²) in [5, 5.41) is 5.32. The van der Waals surface area contributed by atoms with E-state index in [0.29, 0.717) is 16.1 Å². The van der Waals surface area contributed by atoms with Gasteiger partial charge in [0.25, 0.3) is 11.8 Å². The van der Waals surface area contributed by atoms with E-state index in [9.17, 15) is 9.59 Å². The van der Waals surface area contributed by atoms with E-state index in [4.69, 9.17) is 0 Å². The number of anilines is 1. The molecule has 4 nitrogen and oxygen atoms in total. The van der Waals surface area contributed by atoms with Gasteiger partial charge in [0.1, 0.15) is 0 Å². The van der Waals surface area contributed by atoms with Crippen LogP contribution in [0.3, 0.4) is 0 Å². The molecule has 0 radical (unpaired) electrons. The zero-order valence-electron chi connectivity index (χ0n) is 10.7. The van der Waals surface area contributed by atoms with Gasteiger partial charge < -0.3 is 10.6 Å². The first kappa shape index (κ1) is 13.3. The molecule has 0 fully saturated rings. The molecule has 0 saturated carbocycles. The lowest BCUT2D eigenvalue weighted by molar-refractivity contribution is 0.0964. The van der Waals surface area contributed by atoms with Crippen molar-refractivity contribution in [2.24, 2.45) is 0 Å². The third-order valence-corrected chi connectivity index (χ3v) is 3.61. The molecule has 1 heterocycles. The zero-order valence-corrected chi connectivity index (χ0v) is 11.5. The molecule has 0 aliphatic rings. The van der Waals surface area contributed by atoms with Crippen molar-refractivity contribution in [1.29, 1.82) is 0 Å². The van der Waals surface area contributed by atoms with Gasteiger partial charge in [0.15, 0.2) is 0 Å². The zero-order chi connectivity index (χ0) is 13.8. The normalized spacial score (nSPS) is 10.0. The number of para-hydroxylation sites is 1. The van der Waals surface area contributed by atoms with Crippen LogP contribution in [0.5, 0.6) is 0 Å². The average molecular weight is 274 g/mol. The van der Waals surface area contributed by atoms with Gasteiger partial charge in [-0.2, -0.15) is 0 Å². The van der Waals surface area contributed by atoms with Crippen molar-refractivity contribution >= 4 is 28.8 Å². The van der Waals surface area contributed by atoms with E-state index < -0.39 is 0 Å². The standard InChI is InChI=1S/C14H14N2O2S/c1-9-7-8-12(19-9)14(18)16-11-6-4-3-5-10(11)13(17)15-2/h3-8H,1-2H3,(H,15,17)(H,16,18). The lowest BCUT2D eigenvalue weighted by Gasteiger charge is -2.09. The van der Waals surface area contributed by atoms with Crippen molar-refractivity contribution in [1.82, 2.24) is 5.32 Å². The van der Waals surface area contributed by atoms with Gasteiger partial charge in [-0.1, -0.05) is 12.1 Å². The lowest BCUT2D eigenvalue weighted by Crippen LogP contribution is -2.21. The molecule has 0 spiro atoms. The number of amides is 2. The van der Waals surface area contributed by atoms with E-state index in [2.05, 4.69) is 10.6 Å². The summed E-state index contributed by atoms with van der Waals surface area (Å²) in [7, 11) is 1.56. The van der Waals surface area contributed by atoms with Gasteiger partial charge in [0, 0.05) is 11.9 Å². The van der Waals surface area contributed by atoms with Crippen LogP contribution < -0.4 is 10.6 Å². The maximum atomic E-state index is 12.1. The fourth-order valence-corrected chi connectivity index (χ4v) is 2.43. The molecule has 0 atom stereocenters. The lowest BCUT2D eigenvalue weighted by atomic mass is 10.1. The molecular weight excluding hydrogens is 260 g/mol. The molecule has 0 aliphatic carbocycles. The highest BCUT2D eigenvalue weighted by Crippen LogP contribution is 2.19. The number of thiophene rings is 1. The predicted octanol–water partition coefficient (Wildman–Crippen LogP) is 2.67. The molecule has 5 heteroatoms. The van der Waals surface area contributed by atoms with Crippen molar-refractivity contribution in [3.63, 3.8) is 0 Å². The Morgan fingerprint density at radius 1 is 1.05 bits per heavy atom. The summed E-state index contributed by atoms with van der Waals surface area (Å²) in [5.74, 6) is -0.423. The van der Waals surface area contributed by atoms with Crippen molar-refractivity contribution in [2.75, 3.05) is 12.4 Å². The van der Waals surface area contributed by atoms with E-state index in [1.54, 1.807) is 37.4 Å². The van der Waals surface area contributed by atoms with Crippen LogP contribution >= 0.6 is 11.3 Å². The molecular formula is C14H14N2O2S. The highest BCUT2D eigenvalue weighted by Gasteiger charge is 2.13. The number of hydrogen-bond acceptors (Lipinski definition) is 3. The Balaban J connectivity index is 2.24. The molecule has 98 valence electrons. The molecule has 0 saturated heterocycles. The summed E-state index contributed by atoms with van der Waals surface area (Å²) in [5.41, 5.74) is 0.963. The van der Waals surface area contributed by atoms with Crippen LogP contribution in [0.1, 0.15) is 24.9 Å². The number of nitrogens with one attached hydrogen (secondary N) is 2. The predicted molar refractivity (Wildman–Crippen MR) is 76.8 cm³/mol. The Kier molecular flexibility index (Phi) is 3.97. The van der Waals surface area contributed by atoms with Crippen LogP contribution in [0.4, 0.5) is 5.69 Å². The minimum absolute atomic E-state index is 0.200. The first-order valence-corrected chi connectivity index (χ1v) is 6.62. The van der Waals surface area contributed by atoms with Crippen molar-refractivity contribution in [2.45, 2.75) is 6.92 Å². The maximum absolute atomic E-state index is 12.1. The Labute approximate surface area is 115 Å². The number of benzene rings is 1. The van der Waals surface area contributed by atoms with Crippen molar-refractivity contribution in [3.05, 3.63) is 51.7 Å². The molecule has 2 aromatic rings. The Morgan fingerprint density at radius 3 is 2.42 bits per heavy atom. The van der Waals surface area contributed by atoms with E-state index in [0.717, 1.165) is 4.88 Å². The Bertz CT molecular complexity index is 619. The van der Waals surface area contributed by atoms with Gasteiger partial charge in [-0.15, -0.1) is 11.3 Å². The van der Waals surface area contributed by atoms with Gasteiger partial charge in [0.05, 0.1) is 16.1 Å². The second-order valence-corrected chi connectivity index (χ2v) is 5.28. The summed E-state index contributed by atoms with van der Waals surface area (Å²) in [6, 6.07) is 10.6. The van der Waals surface area contributed by atoms with Crippen molar-refractivity contribution < 1.29 is 9.59 Å². The number of aryl methyl sites for hydroxylation is 1. The average Bonchev–Trinajstić information content (AvgIpc) is 2.85. The van der Waals surface area contributed by atoms with Crippen LogP contribution in [-0.2, 0) is 0 Å². The third-order valence-electron chi connectivity index (χ3n) is 2.61. The van der Waals surface area contributed by atoms with E-state index in [-0.39, 0.29) is 11.8 Å². The second-order valence-electron chi connectivity index (χ2n) is 3.99. The van der Waals surface area contributed by atoms with Crippen molar-refractivity contribution in [3.8, 4) is 0 Å². The van der Waals surface area contributed by atoms with Gasteiger partial charge in [-0.05, 0) is 31.2 Å². The SMILES string of the molecule is CNC(=O)c1ccccc1NC(=O)c1ccc(C)s1. The van der Waals surface area contributed by atoms with E-state index in [1.165, 1.54) is 11.3 Å². The number of hydrogen-bond donors (Lipinski definition) is 2. The summed E-state index contributed by atoms with van der Waals surface area (Å²) in [6.07, 6.45) is 0. The fourth-order valence-electron chi connectivity index (χ4n) is 1.67. The highest BCUT2D eigenvalue weighted by molar-refractivity contribution is 7.14. The summed E-state index contributed by atoms with van der Waals surface area (Å²) < 4.78 is 0. The topological polar surface area (TPSA) is 58.2 Å². The summed E-state index contributed by atoms with van der Waals surface area (Å²) in [4.78, 5) is 25.5.